The zero-order chi connectivity index (χ0) is 23.4. The van der Waals surface area contributed by atoms with E-state index in [0.29, 0.717) is 18.2 Å². The van der Waals surface area contributed by atoms with Gasteiger partial charge in [0.05, 0.1) is 12.8 Å². The maximum atomic E-state index is 13.4. The normalized spacial score (nSPS) is 18.9. The molecule has 1 aromatic carbocycles. The summed E-state index contributed by atoms with van der Waals surface area (Å²) in [5.74, 6) is -1.11. The number of carbonyl (C=O) groups is 4. The van der Waals surface area contributed by atoms with Crippen LogP contribution in [0.1, 0.15) is 26.2 Å². The Morgan fingerprint density at radius 2 is 2.03 bits per heavy atom. The Morgan fingerprint density at radius 1 is 1.31 bits per heavy atom. The molecule has 2 aromatic rings. The van der Waals surface area contributed by atoms with E-state index in [2.05, 4.69) is 10.3 Å². The molecule has 0 radical (unpaired) electrons. The van der Waals surface area contributed by atoms with Gasteiger partial charge in [0.25, 0.3) is 0 Å². The average molecular weight is 444 g/mol. The molecule has 0 saturated carbocycles. The van der Waals surface area contributed by atoms with Crippen molar-refractivity contribution in [3.05, 3.63) is 30.5 Å². The number of hydrogen-bond acceptors (Lipinski definition) is 6. The largest absolute Gasteiger partial charge is 0.467 e. The fourth-order valence-electron chi connectivity index (χ4n) is 3.96. The van der Waals surface area contributed by atoms with Gasteiger partial charge in [0.15, 0.2) is 0 Å². The minimum absolute atomic E-state index is 0.0553. The van der Waals surface area contributed by atoms with Gasteiger partial charge in [0, 0.05) is 29.7 Å². The fourth-order valence-corrected chi connectivity index (χ4v) is 3.96. The molecule has 1 aromatic heterocycles. The number of rotatable bonds is 6. The molecule has 5 amide bonds. The van der Waals surface area contributed by atoms with E-state index in [9.17, 15) is 19.2 Å². The summed E-state index contributed by atoms with van der Waals surface area (Å²) < 4.78 is 4.75. The monoisotopic (exact) mass is 444 g/mol. The molecule has 1 fully saturated rings. The smallest absolute Gasteiger partial charge is 0.333 e. The van der Waals surface area contributed by atoms with Crippen LogP contribution in [-0.2, 0) is 14.3 Å². The lowest BCUT2D eigenvalue weighted by atomic mass is 10.1. The third-order valence-electron chi connectivity index (χ3n) is 5.48. The summed E-state index contributed by atoms with van der Waals surface area (Å²) in [5.41, 5.74) is 12.6. The summed E-state index contributed by atoms with van der Waals surface area (Å²) in [4.78, 5) is 55.7. The first kappa shape index (κ1) is 23.1. The van der Waals surface area contributed by atoms with Crippen LogP contribution in [0.5, 0.6) is 0 Å². The second kappa shape index (κ2) is 9.69. The highest BCUT2D eigenvalue weighted by molar-refractivity contribution is 6.18. The molecule has 1 saturated heterocycles. The molecule has 2 heterocycles. The summed E-state index contributed by atoms with van der Waals surface area (Å²) in [6, 6.07) is 3.09. The number of primary amides is 1. The number of anilines is 1. The predicted molar refractivity (Wildman–Crippen MR) is 118 cm³/mol. The maximum absolute atomic E-state index is 13.4. The van der Waals surface area contributed by atoms with E-state index in [1.807, 2.05) is 13.0 Å². The molecule has 3 rings (SSSR count). The van der Waals surface area contributed by atoms with Crippen LogP contribution in [-0.4, -0.2) is 65.6 Å². The van der Waals surface area contributed by atoms with Crippen molar-refractivity contribution in [1.82, 2.24) is 15.2 Å². The van der Waals surface area contributed by atoms with Gasteiger partial charge >= 0.3 is 18.0 Å². The highest BCUT2D eigenvalue weighted by Gasteiger charge is 2.42. The van der Waals surface area contributed by atoms with Crippen molar-refractivity contribution in [2.75, 3.05) is 18.6 Å². The molecule has 6 N–H and O–H groups in total. The van der Waals surface area contributed by atoms with Gasteiger partial charge in [-0.05, 0) is 18.9 Å². The van der Waals surface area contributed by atoms with Crippen LogP contribution in [0.4, 0.5) is 15.3 Å². The van der Waals surface area contributed by atoms with Crippen LogP contribution in [0.25, 0.3) is 10.9 Å². The molecule has 11 heteroatoms. The van der Waals surface area contributed by atoms with E-state index in [1.54, 1.807) is 18.2 Å². The van der Waals surface area contributed by atoms with Gasteiger partial charge in [-0.15, -0.1) is 0 Å². The zero-order valence-electron chi connectivity index (χ0n) is 18.0. The van der Waals surface area contributed by atoms with E-state index in [1.165, 1.54) is 18.2 Å². The summed E-state index contributed by atoms with van der Waals surface area (Å²) in [5, 5.41) is 3.27. The number of fused-ring (bicyclic) bond motifs is 1. The van der Waals surface area contributed by atoms with E-state index >= 15 is 0 Å². The minimum atomic E-state index is -0.988. The number of nitrogens with zero attached hydrogens (tertiary/aromatic N) is 2. The van der Waals surface area contributed by atoms with Crippen LogP contribution in [0.15, 0.2) is 30.5 Å². The highest BCUT2D eigenvalue weighted by atomic mass is 16.5. The van der Waals surface area contributed by atoms with Crippen molar-refractivity contribution in [1.29, 1.82) is 0 Å². The summed E-state index contributed by atoms with van der Waals surface area (Å²) >= 11 is 0. The quantitative estimate of drug-likeness (QED) is 0.486. The van der Waals surface area contributed by atoms with Gasteiger partial charge in [-0.3, -0.25) is 4.79 Å². The number of carbonyl (C=O) groups excluding carboxylic acids is 4. The van der Waals surface area contributed by atoms with Crippen LogP contribution in [0, 0.1) is 0 Å². The van der Waals surface area contributed by atoms with Crippen molar-refractivity contribution in [3.63, 3.8) is 0 Å². The molecule has 0 bridgehead atoms. The Balaban J connectivity index is 1.88. The standard InChI is InChI=1S/C21H28N6O5/c1-3-6-15(19(29)32-2)25-18(28)16-9-12(22)11-26(16)21(31)27(20(23)30)17-10-24-14-8-5-4-7-13(14)17/h4-5,7-8,10,12,15-16,24H,3,6,9,11,22H2,1-2H3,(H2,23,30)(H,25,28)/t12-,15?,16-/m0/s1. The summed E-state index contributed by atoms with van der Waals surface area (Å²) in [6.07, 6.45) is 2.71. The number of esters is 1. The number of benzene rings is 1. The maximum Gasteiger partial charge on any atom is 0.333 e. The van der Waals surface area contributed by atoms with Crippen LogP contribution in [0.2, 0.25) is 0 Å². The number of aromatic amines is 1. The molecule has 0 aliphatic carbocycles. The fraction of sp³-hybridized carbons (Fsp3) is 0.429. The van der Waals surface area contributed by atoms with Crippen molar-refractivity contribution < 1.29 is 23.9 Å². The number of methoxy groups -OCH3 is 1. The van der Waals surface area contributed by atoms with E-state index in [4.69, 9.17) is 16.2 Å². The molecular weight excluding hydrogens is 416 g/mol. The first-order valence-corrected chi connectivity index (χ1v) is 10.4. The number of ether oxygens (including phenoxy) is 1. The highest BCUT2D eigenvalue weighted by Crippen LogP contribution is 2.29. The molecule has 172 valence electrons. The predicted octanol–water partition coefficient (Wildman–Crippen LogP) is 1.03. The second-order valence-corrected chi connectivity index (χ2v) is 7.71. The molecule has 11 nitrogen and oxygen atoms in total. The van der Waals surface area contributed by atoms with Crippen LogP contribution < -0.4 is 21.7 Å². The number of likely N-dealkylation sites (tertiary alicyclic amines) is 1. The molecule has 1 unspecified atom stereocenters. The Morgan fingerprint density at radius 3 is 2.69 bits per heavy atom. The molecular formula is C21H28N6O5. The third-order valence-corrected chi connectivity index (χ3v) is 5.48. The minimum Gasteiger partial charge on any atom is -0.467 e. The first-order chi connectivity index (χ1) is 15.3. The number of urea groups is 2. The summed E-state index contributed by atoms with van der Waals surface area (Å²) in [6.45, 7) is 1.93. The number of amides is 5. The lowest BCUT2D eigenvalue weighted by Gasteiger charge is -2.29. The van der Waals surface area contributed by atoms with Gasteiger partial charge in [-0.1, -0.05) is 31.5 Å². The third kappa shape index (κ3) is 4.52. The Labute approximate surface area is 185 Å². The zero-order valence-corrected chi connectivity index (χ0v) is 18.0. The molecule has 1 aliphatic heterocycles. The molecule has 1 aliphatic rings. The topological polar surface area (TPSA) is 164 Å². The number of nitrogens with one attached hydrogen (secondary N) is 2. The number of nitrogens with two attached hydrogens (primary N) is 2. The van der Waals surface area contributed by atoms with E-state index in [-0.39, 0.29) is 18.7 Å². The second-order valence-electron chi connectivity index (χ2n) is 7.71. The lowest BCUT2D eigenvalue weighted by Crippen LogP contribution is -2.55. The van der Waals surface area contributed by atoms with Gasteiger partial charge in [-0.2, -0.15) is 0 Å². The first-order valence-electron chi connectivity index (χ1n) is 10.4. The van der Waals surface area contributed by atoms with Crippen molar-refractivity contribution >= 4 is 40.5 Å². The number of para-hydroxylation sites is 1. The van der Waals surface area contributed by atoms with Crippen molar-refractivity contribution in [2.45, 2.75) is 44.3 Å². The van der Waals surface area contributed by atoms with Crippen LogP contribution >= 0.6 is 0 Å². The van der Waals surface area contributed by atoms with Gasteiger partial charge in [-0.25, -0.2) is 19.3 Å². The number of aromatic nitrogens is 1. The number of imide groups is 1. The van der Waals surface area contributed by atoms with Crippen molar-refractivity contribution in [3.8, 4) is 0 Å². The van der Waals surface area contributed by atoms with Gasteiger partial charge in [0.2, 0.25) is 5.91 Å². The van der Waals surface area contributed by atoms with E-state index in [0.717, 1.165) is 10.4 Å². The molecule has 32 heavy (non-hydrogen) atoms. The lowest BCUT2D eigenvalue weighted by molar-refractivity contribution is -0.145. The SMILES string of the molecule is CCCC(NC(=O)[C@@H]1C[C@H](N)CN1C(=O)N(C(N)=O)c1c[nH]c2ccccc12)C(=O)OC. The Bertz CT molecular complexity index is 1020. The summed E-state index contributed by atoms with van der Waals surface area (Å²) in [7, 11) is 1.24. The van der Waals surface area contributed by atoms with Crippen molar-refractivity contribution in [2.24, 2.45) is 11.5 Å². The van der Waals surface area contributed by atoms with Gasteiger partial charge in [0.1, 0.15) is 12.1 Å². The van der Waals surface area contributed by atoms with E-state index < -0.39 is 42.1 Å². The van der Waals surface area contributed by atoms with Gasteiger partial charge < -0.3 is 31.4 Å². The molecule has 3 atom stereocenters. The molecule has 0 spiro atoms. The number of H-pyrrole nitrogens is 1. The number of hydrogen-bond donors (Lipinski definition) is 4. The Kier molecular flexibility index (Phi) is 6.98. The average Bonchev–Trinajstić information content (AvgIpc) is 3.36. The Hall–Kier alpha value is -3.60. The van der Waals surface area contributed by atoms with Crippen LogP contribution in [0.3, 0.4) is 0 Å².